The zero-order valence-corrected chi connectivity index (χ0v) is 4.24. The number of halogens is 1. The Morgan fingerprint density at radius 3 is 2.57 bits per heavy atom. The fourth-order valence-corrected chi connectivity index (χ4v) is 0.965. The number of allylic oxidation sites excluding steroid dienone is 2. The molecule has 1 aliphatic heterocycles. The van der Waals surface area contributed by atoms with Gasteiger partial charge in [-0.25, -0.2) is 4.39 Å². The molecular weight excluding hydrogens is 115 g/mol. The summed E-state index contributed by atoms with van der Waals surface area (Å²) in [6.07, 6.45) is 1.19. The summed E-state index contributed by atoms with van der Waals surface area (Å²) in [4.78, 5) is 0. The van der Waals surface area contributed by atoms with Gasteiger partial charge in [0.25, 0.3) is 0 Å². The summed E-state index contributed by atoms with van der Waals surface area (Å²) in [5.41, 5.74) is 0. The van der Waals surface area contributed by atoms with Gasteiger partial charge in [0.15, 0.2) is 0 Å². The van der Waals surface area contributed by atoms with E-state index in [-0.39, 0.29) is 0 Å². The Kier molecular flexibility index (Phi) is 1.06. The van der Waals surface area contributed by atoms with Crippen LogP contribution in [0.15, 0.2) is 22.7 Å². The lowest BCUT2D eigenvalue weighted by Crippen LogP contribution is -1.64. The summed E-state index contributed by atoms with van der Waals surface area (Å²) in [7, 11) is -1.17. The fourth-order valence-electron chi connectivity index (χ4n) is 0.322. The van der Waals surface area contributed by atoms with Crippen LogP contribution in [0.25, 0.3) is 0 Å². The highest BCUT2D eigenvalue weighted by atomic mass is 32.2. The van der Waals surface area contributed by atoms with Crippen molar-refractivity contribution in [1.82, 2.24) is 0 Å². The predicted octanol–water partition coefficient (Wildman–Crippen LogP) is 1.07. The van der Waals surface area contributed by atoms with Crippen molar-refractivity contribution in [2.45, 2.75) is 0 Å². The van der Waals surface area contributed by atoms with Gasteiger partial charge in [0.05, 0.1) is 10.8 Å². The van der Waals surface area contributed by atoms with E-state index >= 15 is 0 Å². The molecular formula is C4H3FOS. The maximum atomic E-state index is 11.8. The third kappa shape index (κ3) is 0.962. The molecule has 3 heteroatoms. The zero-order chi connectivity index (χ0) is 5.28. The van der Waals surface area contributed by atoms with Crippen LogP contribution in [0, 0.1) is 0 Å². The van der Waals surface area contributed by atoms with Gasteiger partial charge in [0.2, 0.25) is 0 Å². The Morgan fingerprint density at radius 2 is 2.43 bits per heavy atom. The highest BCUT2D eigenvalue weighted by molar-refractivity contribution is 7.91. The molecule has 1 heterocycles. The van der Waals surface area contributed by atoms with Crippen molar-refractivity contribution in [3.05, 3.63) is 22.7 Å². The molecule has 0 radical (unpaired) electrons. The number of rotatable bonds is 0. The number of hydrogen-bond donors (Lipinski definition) is 0. The maximum absolute atomic E-state index is 11.8. The van der Waals surface area contributed by atoms with E-state index in [0.29, 0.717) is 0 Å². The van der Waals surface area contributed by atoms with Crippen molar-refractivity contribution in [2.24, 2.45) is 0 Å². The van der Waals surface area contributed by atoms with Gasteiger partial charge in [-0.1, -0.05) is 0 Å². The molecule has 7 heavy (non-hydrogen) atoms. The molecule has 0 saturated carbocycles. The van der Waals surface area contributed by atoms with Crippen LogP contribution in [0.5, 0.6) is 0 Å². The van der Waals surface area contributed by atoms with Crippen LogP contribution in [-0.4, -0.2) is 4.21 Å². The Balaban J connectivity index is 2.88. The third-order valence-corrected chi connectivity index (χ3v) is 1.45. The maximum Gasteiger partial charge on any atom is 0.132 e. The second-order valence-corrected chi connectivity index (χ2v) is 2.30. The monoisotopic (exact) mass is 118 g/mol. The Labute approximate surface area is 43.0 Å². The van der Waals surface area contributed by atoms with Crippen molar-refractivity contribution >= 4 is 10.8 Å². The van der Waals surface area contributed by atoms with Crippen LogP contribution in [0.2, 0.25) is 0 Å². The van der Waals surface area contributed by atoms with Gasteiger partial charge in [-0.15, -0.1) is 0 Å². The molecule has 0 spiro atoms. The first-order chi connectivity index (χ1) is 3.29. The summed E-state index contributed by atoms with van der Waals surface area (Å²) in [5, 5.41) is 2.36. The zero-order valence-electron chi connectivity index (χ0n) is 3.43. The van der Waals surface area contributed by atoms with E-state index in [1.807, 2.05) is 0 Å². The van der Waals surface area contributed by atoms with Crippen molar-refractivity contribution in [1.29, 1.82) is 0 Å². The van der Waals surface area contributed by atoms with Gasteiger partial charge in [-0.2, -0.15) is 0 Å². The van der Waals surface area contributed by atoms with Crippen molar-refractivity contribution in [2.75, 3.05) is 0 Å². The highest BCUT2D eigenvalue weighted by Gasteiger charge is 1.98. The van der Waals surface area contributed by atoms with Crippen molar-refractivity contribution < 1.29 is 8.60 Å². The molecule has 1 rings (SSSR count). The molecule has 0 saturated heterocycles. The molecule has 0 N–H and O–H groups in total. The molecule has 0 aromatic rings. The van der Waals surface area contributed by atoms with Crippen LogP contribution in [-0.2, 0) is 10.8 Å². The van der Waals surface area contributed by atoms with Gasteiger partial charge in [0, 0.05) is 10.8 Å². The summed E-state index contributed by atoms with van der Waals surface area (Å²) in [5.74, 6) is -0.404. The van der Waals surface area contributed by atoms with Crippen molar-refractivity contribution in [3.63, 3.8) is 0 Å². The summed E-state index contributed by atoms with van der Waals surface area (Å²) < 4.78 is 21.9. The SMILES string of the molecule is O=S1C=CC(F)=C1. The first-order valence-electron chi connectivity index (χ1n) is 1.74. The first-order valence-corrected chi connectivity index (χ1v) is 3.01. The Hall–Kier alpha value is -0.440. The largest absolute Gasteiger partial charge is 0.250 e. The average Bonchev–Trinajstić information content (AvgIpc) is 1.87. The van der Waals surface area contributed by atoms with E-state index in [9.17, 15) is 8.60 Å². The normalized spacial score (nSPS) is 28.1. The van der Waals surface area contributed by atoms with E-state index in [2.05, 4.69) is 0 Å². The van der Waals surface area contributed by atoms with Crippen molar-refractivity contribution in [3.8, 4) is 0 Å². The molecule has 1 aliphatic rings. The van der Waals surface area contributed by atoms with Gasteiger partial charge in [0.1, 0.15) is 5.83 Å². The van der Waals surface area contributed by atoms with E-state index in [0.717, 1.165) is 5.41 Å². The molecule has 0 bridgehead atoms. The quantitative estimate of drug-likeness (QED) is 0.465. The smallest absolute Gasteiger partial charge is 0.132 e. The van der Waals surface area contributed by atoms with Gasteiger partial charge >= 0.3 is 0 Å². The van der Waals surface area contributed by atoms with E-state index in [4.69, 9.17) is 0 Å². The van der Waals surface area contributed by atoms with Crippen LogP contribution in [0.4, 0.5) is 4.39 Å². The summed E-state index contributed by atoms with van der Waals surface area (Å²) in [6, 6.07) is 0. The standard InChI is InChI=1S/C4H3FOS/c5-4-1-2-7(6)3-4/h1-3H. The Morgan fingerprint density at radius 1 is 1.71 bits per heavy atom. The summed E-state index contributed by atoms with van der Waals surface area (Å²) >= 11 is 0. The molecule has 0 fully saturated rings. The molecule has 1 atom stereocenters. The highest BCUT2D eigenvalue weighted by Crippen LogP contribution is 2.08. The van der Waals surface area contributed by atoms with Crippen LogP contribution in [0.3, 0.4) is 0 Å². The molecule has 0 aliphatic carbocycles. The molecule has 0 aromatic carbocycles. The number of hydrogen-bond acceptors (Lipinski definition) is 1. The lowest BCUT2D eigenvalue weighted by atomic mass is 10.6. The molecule has 0 amide bonds. The second kappa shape index (κ2) is 1.58. The van der Waals surface area contributed by atoms with Gasteiger partial charge in [-0.3, -0.25) is 4.21 Å². The fraction of sp³-hybridized carbons (Fsp3) is 0. The van der Waals surface area contributed by atoms with E-state index in [1.165, 1.54) is 11.5 Å². The molecule has 1 nitrogen and oxygen atoms in total. The van der Waals surface area contributed by atoms with Crippen LogP contribution in [0.1, 0.15) is 0 Å². The van der Waals surface area contributed by atoms with Crippen LogP contribution >= 0.6 is 0 Å². The average molecular weight is 118 g/mol. The van der Waals surface area contributed by atoms with Crippen LogP contribution < -0.4 is 0 Å². The van der Waals surface area contributed by atoms with Gasteiger partial charge < -0.3 is 0 Å². The van der Waals surface area contributed by atoms with E-state index in [1.54, 1.807) is 0 Å². The minimum Gasteiger partial charge on any atom is -0.250 e. The lowest BCUT2D eigenvalue weighted by molar-refractivity contribution is 0.669. The predicted molar refractivity (Wildman–Crippen MR) is 26.5 cm³/mol. The van der Waals surface area contributed by atoms with E-state index < -0.39 is 16.6 Å². The second-order valence-electron chi connectivity index (χ2n) is 1.13. The minimum absolute atomic E-state index is 0.404. The lowest BCUT2D eigenvalue weighted by Gasteiger charge is -1.68. The summed E-state index contributed by atoms with van der Waals surface area (Å²) in [6.45, 7) is 0. The first kappa shape index (κ1) is 4.71. The van der Waals surface area contributed by atoms with Gasteiger partial charge in [-0.05, 0) is 6.08 Å². The third-order valence-electron chi connectivity index (χ3n) is 0.590. The molecule has 0 aromatic heterocycles. The topological polar surface area (TPSA) is 17.1 Å². The molecule has 1 unspecified atom stereocenters. The Bertz CT molecular complexity index is 159. The minimum atomic E-state index is -1.17. The molecule has 38 valence electrons.